The molecule has 2 N–H and O–H groups in total. The lowest BCUT2D eigenvalue weighted by atomic mass is 10.0. The highest BCUT2D eigenvalue weighted by Crippen LogP contribution is 2.29. The Labute approximate surface area is 164 Å². The molecular formula is C20H18FN5OS. The number of fused-ring (bicyclic) bond motifs is 2. The third-order valence-electron chi connectivity index (χ3n) is 5.34. The Kier molecular flexibility index (Phi) is 4.01. The normalized spacial score (nSPS) is 13.9. The third-order valence-corrected chi connectivity index (χ3v) is 5.92. The Bertz CT molecular complexity index is 1180. The molecule has 0 radical (unpaired) electrons. The number of carbonyl (C=O) groups excluding carboxylic acids is 1. The van der Waals surface area contributed by atoms with Crippen molar-refractivity contribution in [3.8, 4) is 11.4 Å². The Morgan fingerprint density at radius 3 is 3.07 bits per heavy atom. The van der Waals surface area contributed by atoms with Crippen LogP contribution in [0.1, 0.15) is 34.2 Å². The van der Waals surface area contributed by atoms with Gasteiger partial charge in [-0.15, -0.1) is 11.3 Å². The van der Waals surface area contributed by atoms with Gasteiger partial charge in [-0.3, -0.25) is 9.89 Å². The van der Waals surface area contributed by atoms with Crippen LogP contribution in [0.4, 0.5) is 4.39 Å². The largest absolute Gasteiger partial charge is 0.351 e. The van der Waals surface area contributed by atoms with E-state index >= 15 is 0 Å². The molecule has 0 fully saturated rings. The molecule has 142 valence electrons. The molecule has 4 aromatic rings. The zero-order chi connectivity index (χ0) is 19.3. The number of amides is 1. The summed E-state index contributed by atoms with van der Waals surface area (Å²) in [5.74, 6) is -0.323. The van der Waals surface area contributed by atoms with E-state index in [2.05, 4.69) is 20.2 Å². The predicted octanol–water partition coefficient (Wildman–Crippen LogP) is 3.91. The maximum atomic E-state index is 14.1. The van der Waals surface area contributed by atoms with Gasteiger partial charge in [0.1, 0.15) is 11.5 Å². The minimum Gasteiger partial charge on any atom is -0.351 e. The molecule has 1 aromatic carbocycles. The summed E-state index contributed by atoms with van der Waals surface area (Å²) >= 11 is 1.52. The lowest BCUT2D eigenvalue weighted by molar-refractivity contribution is 0.0729. The molecule has 1 amide bonds. The molecule has 5 rings (SSSR count). The maximum absolute atomic E-state index is 14.1. The molecule has 0 aliphatic carbocycles. The van der Waals surface area contributed by atoms with Crippen LogP contribution in [0.2, 0.25) is 0 Å². The second kappa shape index (κ2) is 6.56. The monoisotopic (exact) mass is 395 g/mol. The van der Waals surface area contributed by atoms with E-state index in [1.807, 2.05) is 12.3 Å². The first-order valence-electron chi connectivity index (χ1n) is 9.19. The van der Waals surface area contributed by atoms with E-state index in [-0.39, 0.29) is 11.7 Å². The minimum absolute atomic E-state index is 0.0882. The highest BCUT2D eigenvalue weighted by molar-refractivity contribution is 7.07. The molecular weight excluding hydrogens is 377 g/mol. The molecule has 6 nitrogen and oxygen atoms in total. The van der Waals surface area contributed by atoms with E-state index in [4.69, 9.17) is 0 Å². The summed E-state index contributed by atoms with van der Waals surface area (Å²) < 4.78 is 14.1. The minimum atomic E-state index is -0.234. The van der Waals surface area contributed by atoms with Crippen molar-refractivity contribution in [2.45, 2.75) is 26.3 Å². The summed E-state index contributed by atoms with van der Waals surface area (Å²) in [6.07, 6.45) is 1.27. The molecule has 0 bridgehead atoms. The second-order valence-corrected chi connectivity index (χ2v) is 7.62. The third kappa shape index (κ3) is 2.63. The fraction of sp³-hybridized carbons (Fsp3) is 0.250. The van der Waals surface area contributed by atoms with Crippen LogP contribution in [0, 0.1) is 5.82 Å². The molecule has 8 heteroatoms. The fourth-order valence-corrected chi connectivity index (χ4v) is 4.44. The van der Waals surface area contributed by atoms with Crippen molar-refractivity contribution in [3.05, 3.63) is 57.4 Å². The first kappa shape index (κ1) is 17.1. The maximum Gasteiger partial charge on any atom is 0.270 e. The summed E-state index contributed by atoms with van der Waals surface area (Å²) in [6.45, 7) is 2.98. The van der Waals surface area contributed by atoms with Crippen molar-refractivity contribution in [2.75, 3.05) is 6.54 Å². The molecule has 1 aliphatic heterocycles. The molecule has 0 saturated heterocycles. The lowest BCUT2D eigenvalue weighted by Gasteiger charge is -2.26. The highest BCUT2D eigenvalue weighted by Gasteiger charge is 2.28. The van der Waals surface area contributed by atoms with E-state index in [1.165, 1.54) is 17.4 Å². The number of aromatic nitrogens is 4. The number of hydrogen-bond donors (Lipinski definition) is 2. The van der Waals surface area contributed by atoms with Gasteiger partial charge in [-0.2, -0.15) is 5.10 Å². The predicted molar refractivity (Wildman–Crippen MR) is 106 cm³/mol. The van der Waals surface area contributed by atoms with E-state index < -0.39 is 0 Å². The Balaban J connectivity index is 1.47. The number of hydrogen-bond acceptors (Lipinski definition) is 4. The summed E-state index contributed by atoms with van der Waals surface area (Å²) in [7, 11) is 0. The molecule has 4 heterocycles. The van der Waals surface area contributed by atoms with Gasteiger partial charge in [0, 0.05) is 34.8 Å². The number of benzene rings is 1. The van der Waals surface area contributed by atoms with Crippen molar-refractivity contribution < 1.29 is 9.18 Å². The summed E-state index contributed by atoms with van der Waals surface area (Å²) in [6, 6.07) is 4.90. The van der Waals surface area contributed by atoms with Gasteiger partial charge in [-0.25, -0.2) is 9.37 Å². The molecule has 3 aromatic heterocycles. The lowest BCUT2D eigenvalue weighted by Crippen LogP contribution is -2.36. The van der Waals surface area contributed by atoms with Crippen LogP contribution in [0.5, 0.6) is 0 Å². The van der Waals surface area contributed by atoms with E-state index in [9.17, 15) is 9.18 Å². The van der Waals surface area contributed by atoms with Crippen molar-refractivity contribution in [2.24, 2.45) is 0 Å². The Morgan fingerprint density at radius 1 is 1.39 bits per heavy atom. The van der Waals surface area contributed by atoms with Gasteiger partial charge >= 0.3 is 0 Å². The standard InChI is InChI=1S/C20H18FN5OS/c1-2-11-12-7-17(23-15(12)4-3-14(11)21)20(27)26-6-5-16-13(8-26)19(25-24-16)18-9-28-10-22-18/h3-4,7,9-10,23H,2,5-6,8H2,1H3,(H,24,25). The SMILES string of the molecule is CCc1c(F)ccc2[nH]c(C(=O)N3CCc4n[nH]c(-c5cscn5)c4C3)cc12. The quantitative estimate of drug-likeness (QED) is 0.552. The molecule has 1 aliphatic rings. The van der Waals surface area contributed by atoms with Gasteiger partial charge < -0.3 is 9.88 Å². The molecule has 0 spiro atoms. The Hall–Kier alpha value is -3.00. The number of aromatic amines is 2. The van der Waals surface area contributed by atoms with Crippen LogP contribution in [-0.4, -0.2) is 37.5 Å². The van der Waals surface area contributed by atoms with Crippen molar-refractivity contribution >= 4 is 28.1 Å². The topological polar surface area (TPSA) is 77.7 Å². The zero-order valence-electron chi connectivity index (χ0n) is 15.3. The van der Waals surface area contributed by atoms with E-state index in [1.54, 1.807) is 22.5 Å². The average molecular weight is 395 g/mol. The number of H-pyrrole nitrogens is 2. The molecule has 0 unspecified atom stereocenters. The summed E-state index contributed by atoms with van der Waals surface area (Å²) in [5.41, 5.74) is 7.41. The van der Waals surface area contributed by atoms with Crippen LogP contribution < -0.4 is 0 Å². The van der Waals surface area contributed by atoms with Crippen molar-refractivity contribution in [3.63, 3.8) is 0 Å². The summed E-state index contributed by atoms with van der Waals surface area (Å²) in [4.78, 5) is 22.5. The number of nitrogens with one attached hydrogen (secondary N) is 2. The van der Waals surface area contributed by atoms with Gasteiger partial charge in [0.2, 0.25) is 0 Å². The number of aryl methyl sites for hydroxylation is 1. The summed E-state index contributed by atoms with van der Waals surface area (Å²) in [5, 5.41) is 10.2. The van der Waals surface area contributed by atoms with Crippen LogP contribution in [0.25, 0.3) is 22.3 Å². The van der Waals surface area contributed by atoms with Gasteiger partial charge in [-0.05, 0) is 30.2 Å². The Morgan fingerprint density at radius 2 is 2.29 bits per heavy atom. The van der Waals surface area contributed by atoms with E-state index in [0.29, 0.717) is 37.2 Å². The fourth-order valence-electron chi connectivity index (χ4n) is 3.89. The number of rotatable bonds is 3. The number of carbonyl (C=O) groups is 1. The van der Waals surface area contributed by atoms with Crippen molar-refractivity contribution in [1.82, 2.24) is 25.1 Å². The molecule has 0 saturated carbocycles. The number of thiazole rings is 1. The van der Waals surface area contributed by atoms with Crippen LogP contribution in [0.3, 0.4) is 0 Å². The first-order chi connectivity index (χ1) is 13.7. The van der Waals surface area contributed by atoms with Crippen LogP contribution >= 0.6 is 11.3 Å². The van der Waals surface area contributed by atoms with Gasteiger partial charge in [0.05, 0.1) is 29.1 Å². The smallest absolute Gasteiger partial charge is 0.270 e. The first-order valence-corrected chi connectivity index (χ1v) is 10.1. The van der Waals surface area contributed by atoms with E-state index in [0.717, 1.165) is 33.5 Å². The zero-order valence-corrected chi connectivity index (χ0v) is 16.1. The van der Waals surface area contributed by atoms with Crippen LogP contribution in [0.15, 0.2) is 29.1 Å². The average Bonchev–Trinajstić information content (AvgIpc) is 3.45. The molecule has 0 atom stereocenters. The van der Waals surface area contributed by atoms with Gasteiger partial charge in [0.15, 0.2) is 0 Å². The van der Waals surface area contributed by atoms with Gasteiger partial charge in [-0.1, -0.05) is 6.92 Å². The number of nitrogens with zero attached hydrogens (tertiary/aromatic N) is 3. The van der Waals surface area contributed by atoms with Gasteiger partial charge in [0.25, 0.3) is 5.91 Å². The number of halogens is 1. The molecule has 28 heavy (non-hydrogen) atoms. The van der Waals surface area contributed by atoms with Crippen LogP contribution in [-0.2, 0) is 19.4 Å². The van der Waals surface area contributed by atoms with Crippen molar-refractivity contribution in [1.29, 1.82) is 0 Å². The highest BCUT2D eigenvalue weighted by atomic mass is 32.1. The second-order valence-electron chi connectivity index (χ2n) is 6.90.